The molecule has 2 aromatic rings. The number of allylic oxidation sites excluding steroid dienone is 2. The minimum atomic E-state index is 0.720. The lowest BCUT2D eigenvalue weighted by Crippen LogP contribution is -2.19. The summed E-state index contributed by atoms with van der Waals surface area (Å²) in [7, 11) is 0. The highest BCUT2D eigenvalue weighted by molar-refractivity contribution is 5.83. The standard InChI is InChI=1S/C22H35N5/c1-7-10-23-11-9-12-24-22-26-21-18(6)13-17(5)14-20(21)27(22)15-19(8-2)25-16(3)4/h8,13-14,23H,7,9-12,15H2,1-6H3,(H,24,26)/b19-8-. The van der Waals surface area contributed by atoms with Gasteiger partial charge in [-0.2, -0.15) is 0 Å². The lowest BCUT2D eigenvalue weighted by atomic mass is 10.1. The molecule has 5 heteroatoms. The molecule has 0 radical (unpaired) electrons. The molecule has 2 rings (SSSR count). The molecule has 0 saturated carbocycles. The molecule has 5 nitrogen and oxygen atoms in total. The second-order valence-electron chi connectivity index (χ2n) is 7.34. The Bertz CT molecular complexity index is 810. The molecule has 0 aliphatic carbocycles. The molecule has 0 unspecified atom stereocenters. The molecular weight excluding hydrogens is 334 g/mol. The van der Waals surface area contributed by atoms with Gasteiger partial charge in [0.1, 0.15) is 0 Å². The summed E-state index contributed by atoms with van der Waals surface area (Å²) in [4.78, 5) is 9.59. The first-order chi connectivity index (χ1) is 13.0. The van der Waals surface area contributed by atoms with Crippen molar-refractivity contribution in [2.75, 3.05) is 25.0 Å². The molecule has 0 saturated heterocycles. The smallest absolute Gasteiger partial charge is 0.204 e. The molecule has 2 N–H and O–H groups in total. The Labute approximate surface area is 164 Å². The zero-order valence-corrected chi connectivity index (χ0v) is 17.8. The van der Waals surface area contributed by atoms with Crippen molar-refractivity contribution in [2.24, 2.45) is 4.99 Å². The van der Waals surface area contributed by atoms with Crippen molar-refractivity contribution in [3.63, 3.8) is 0 Å². The Balaban J connectivity index is 2.28. The Morgan fingerprint density at radius 2 is 1.96 bits per heavy atom. The van der Waals surface area contributed by atoms with Gasteiger partial charge < -0.3 is 15.2 Å². The average molecular weight is 370 g/mol. The van der Waals surface area contributed by atoms with E-state index in [-0.39, 0.29) is 0 Å². The Kier molecular flexibility index (Phi) is 8.04. The van der Waals surface area contributed by atoms with E-state index in [2.05, 4.69) is 59.2 Å². The summed E-state index contributed by atoms with van der Waals surface area (Å²) >= 11 is 0. The number of nitrogens with one attached hydrogen (secondary N) is 2. The van der Waals surface area contributed by atoms with Crippen LogP contribution in [-0.2, 0) is 6.54 Å². The number of hydrogen-bond acceptors (Lipinski definition) is 4. The van der Waals surface area contributed by atoms with Gasteiger partial charge in [-0.05, 0) is 77.7 Å². The van der Waals surface area contributed by atoms with Crippen LogP contribution in [0, 0.1) is 13.8 Å². The number of anilines is 1. The molecule has 1 aromatic heterocycles. The Morgan fingerprint density at radius 3 is 2.63 bits per heavy atom. The third-order valence-corrected chi connectivity index (χ3v) is 4.45. The van der Waals surface area contributed by atoms with Gasteiger partial charge in [0.25, 0.3) is 0 Å². The minimum absolute atomic E-state index is 0.720. The number of aromatic nitrogens is 2. The maximum Gasteiger partial charge on any atom is 0.204 e. The Hall–Kier alpha value is -2.14. The number of imidazole rings is 1. The van der Waals surface area contributed by atoms with E-state index in [0.717, 1.165) is 55.5 Å². The molecule has 0 atom stereocenters. The fourth-order valence-corrected chi connectivity index (χ4v) is 3.22. The monoisotopic (exact) mass is 369 g/mol. The van der Waals surface area contributed by atoms with Gasteiger partial charge in [-0.1, -0.05) is 19.1 Å². The van der Waals surface area contributed by atoms with Crippen molar-refractivity contribution in [2.45, 2.75) is 60.9 Å². The first kappa shape index (κ1) is 21.2. The highest BCUT2D eigenvalue weighted by Gasteiger charge is 2.14. The van der Waals surface area contributed by atoms with Gasteiger partial charge in [0, 0.05) is 12.3 Å². The zero-order valence-electron chi connectivity index (χ0n) is 17.8. The highest BCUT2D eigenvalue weighted by atomic mass is 15.2. The van der Waals surface area contributed by atoms with E-state index in [1.54, 1.807) is 0 Å². The van der Waals surface area contributed by atoms with E-state index in [0.29, 0.717) is 0 Å². The molecule has 1 heterocycles. The summed E-state index contributed by atoms with van der Waals surface area (Å²) in [6.45, 7) is 16.3. The predicted octanol–water partition coefficient (Wildman–Crippen LogP) is 4.84. The largest absolute Gasteiger partial charge is 0.356 e. The number of benzene rings is 1. The van der Waals surface area contributed by atoms with E-state index < -0.39 is 0 Å². The molecule has 0 aliphatic rings. The number of fused-ring (bicyclic) bond motifs is 1. The summed E-state index contributed by atoms with van der Waals surface area (Å²) in [5, 5.41) is 6.99. The number of aryl methyl sites for hydroxylation is 2. The van der Waals surface area contributed by atoms with Crippen molar-refractivity contribution in [3.8, 4) is 0 Å². The van der Waals surface area contributed by atoms with Crippen LogP contribution in [0.1, 0.15) is 51.7 Å². The highest BCUT2D eigenvalue weighted by Crippen LogP contribution is 2.25. The van der Waals surface area contributed by atoms with E-state index in [9.17, 15) is 0 Å². The summed E-state index contributed by atoms with van der Waals surface area (Å²) < 4.78 is 2.26. The van der Waals surface area contributed by atoms with Crippen molar-refractivity contribution < 1.29 is 0 Å². The van der Waals surface area contributed by atoms with Gasteiger partial charge in [-0.3, -0.25) is 4.99 Å². The summed E-state index contributed by atoms with van der Waals surface area (Å²) in [5.74, 6) is 0.928. The first-order valence-electron chi connectivity index (χ1n) is 10.0. The van der Waals surface area contributed by atoms with Crippen LogP contribution in [0.25, 0.3) is 11.0 Å². The predicted molar refractivity (Wildman–Crippen MR) is 118 cm³/mol. The van der Waals surface area contributed by atoms with Gasteiger partial charge >= 0.3 is 0 Å². The maximum absolute atomic E-state index is 4.91. The molecule has 0 bridgehead atoms. The Morgan fingerprint density at radius 1 is 1.19 bits per heavy atom. The van der Waals surface area contributed by atoms with Crippen LogP contribution in [0.15, 0.2) is 28.9 Å². The number of aliphatic imine (C=N–C) groups is 1. The van der Waals surface area contributed by atoms with Gasteiger partial charge in [0.05, 0.1) is 23.3 Å². The van der Waals surface area contributed by atoms with Crippen LogP contribution in [0.3, 0.4) is 0 Å². The fourth-order valence-electron chi connectivity index (χ4n) is 3.22. The van der Waals surface area contributed by atoms with Gasteiger partial charge in [0.2, 0.25) is 5.95 Å². The van der Waals surface area contributed by atoms with Crippen LogP contribution >= 0.6 is 0 Å². The van der Waals surface area contributed by atoms with Crippen molar-refractivity contribution >= 4 is 22.7 Å². The van der Waals surface area contributed by atoms with Crippen molar-refractivity contribution in [3.05, 3.63) is 35.0 Å². The molecule has 1 aromatic carbocycles. The summed E-state index contributed by atoms with van der Waals surface area (Å²) in [6.07, 6.45) is 4.33. The summed E-state index contributed by atoms with van der Waals surface area (Å²) in [5.41, 5.74) is 6.84. The normalized spacial score (nSPS) is 11.9. The average Bonchev–Trinajstić information content (AvgIpc) is 2.95. The third-order valence-electron chi connectivity index (χ3n) is 4.45. The lowest BCUT2D eigenvalue weighted by molar-refractivity contribution is 0.649. The van der Waals surface area contributed by atoms with Crippen LogP contribution in [-0.4, -0.2) is 34.9 Å². The quantitative estimate of drug-likeness (QED) is 0.465. The van der Waals surface area contributed by atoms with Crippen molar-refractivity contribution in [1.29, 1.82) is 0 Å². The lowest BCUT2D eigenvalue weighted by Gasteiger charge is -2.12. The first-order valence-corrected chi connectivity index (χ1v) is 10.0. The van der Waals surface area contributed by atoms with Crippen LogP contribution in [0.2, 0.25) is 0 Å². The molecule has 148 valence electrons. The third kappa shape index (κ3) is 5.93. The van der Waals surface area contributed by atoms with E-state index >= 15 is 0 Å². The number of rotatable bonds is 10. The van der Waals surface area contributed by atoms with E-state index in [1.165, 1.54) is 23.1 Å². The SMILES string of the molecule is C/C=C(/Cn1c(NCCCNCCC)nc2c(C)cc(C)cc21)N=C(C)C. The topological polar surface area (TPSA) is 54.2 Å². The molecule has 0 aliphatic heterocycles. The van der Waals surface area contributed by atoms with E-state index in [1.807, 2.05) is 20.8 Å². The molecule has 0 spiro atoms. The number of hydrogen-bond donors (Lipinski definition) is 2. The second kappa shape index (κ2) is 10.3. The minimum Gasteiger partial charge on any atom is -0.356 e. The van der Waals surface area contributed by atoms with Gasteiger partial charge in [-0.15, -0.1) is 0 Å². The van der Waals surface area contributed by atoms with E-state index in [4.69, 9.17) is 4.98 Å². The van der Waals surface area contributed by atoms with Crippen LogP contribution in [0.4, 0.5) is 5.95 Å². The molecule has 0 amide bonds. The molecular formula is C22H35N5. The molecule has 27 heavy (non-hydrogen) atoms. The van der Waals surface area contributed by atoms with Crippen LogP contribution in [0.5, 0.6) is 0 Å². The molecule has 0 fully saturated rings. The van der Waals surface area contributed by atoms with Gasteiger partial charge in [0.15, 0.2) is 0 Å². The van der Waals surface area contributed by atoms with Gasteiger partial charge in [-0.25, -0.2) is 4.98 Å². The number of nitrogens with zero attached hydrogens (tertiary/aromatic N) is 3. The second-order valence-corrected chi connectivity index (χ2v) is 7.34. The summed E-state index contributed by atoms with van der Waals surface area (Å²) in [6, 6.07) is 4.42. The maximum atomic E-state index is 4.91. The van der Waals surface area contributed by atoms with Crippen LogP contribution < -0.4 is 10.6 Å². The van der Waals surface area contributed by atoms with Crippen molar-refractivity contribution in [1.82, 2.24) is 14.9 Å². The zero-order chi connectivity index (χ0) is 19.8. The fraction of sp³-hybridized carbons (Fsp3) is 0.545.